The molecule has 4 nitrogen and oxygen atoms in total. The molecule has 0 aliphatic heterocycles. The van der Waals surface area contributed by atoms with Gasteiger partial charge < -0.3 is 14.6 Å². The van der Waals surface area contributed by atoms with Gasteiger partial charge in [-0.25, -0.2) is 9.37 Å². The highest BCUT2D eigenvalue weighted by Crippen LogP contribution is 2.25. The third kappa shape index (κ3) is 3.61. The lowest BCUT2D eigenvalue weighted by Crippen LogP contribution is -2.17. The minimum absolute atomic E-state index is 0.299. The van der Waals surface area contributed by atoms with Crippen molar-refractivity contribution in [1.29, 1.82) is 0 Å². The van der Waals surface area contributed by atoms with Crippen molar-refractivity contribution in [2.24, 2.45) is 0 Å². The average Bonchev–Trinajstić information content (AvgIpc) is 3.22. The van der Waals surface area contributed by atoms with Gasteiger partial charge in [0.1, 0.15) is 12.4 Å². The number of rotatable bonds is 7. The number of benzene rings is 1. The summed E-state index contributed by atoms with van der Waals surface area (Å²) in [5, 5.41) is 3.39. The van der Waals surface area contributed by atoms with Crippen molar-refractivity contribution in [2.75, 3.05) is 6.61 Å². The van der Waals surface area contributed by atoms with Crippen LogP contribution in [-0.2, 0) is 13.1 Å². The molecule has 1 aromatic heterocycles. The van der Waals surface area contributed by atoms with Crippen LogP contribution in [0.15, 0.2) is 30.6 Å². The lowest BCUT2D eigenvalue weighted by molar-refractivity contribution is 0.279. The summed E-state index contributed by atoms with van der Waals surface area (Å²) in [4.78, 5) is 4.16. The largest absolute Gasteiger partial charge is 0.488 e. The molecule has 1 aliphatic carbocycles. The lowest BCUT2D eigenvalue weighted by Gasteiger charge is -2.13. The van der Waals surface area contributed by atoms with E-state index in [1.807, 2.05) is 23.8 Å². The van der Waals surface area contributed by atoms with E-state index in [1.165, 1.54) is 18.9 Å². The molecule has 5 heteroatoms. The minimum atomic E-state index is -0.299. The molecular formula is C16H20FN3O. The van der Waals surface area contributed by atoms with Gasteiger partial charge in [-0.2, -0.15) is 0 Å². The fourth-order valence-electron chi connectivity index (χ4n) is 2.28. The van der Waals surface area contributed by atoms with Crippen molar-refractivity contribution >= 4 is 0 Å². The molecule has 1 heterocycles. The Morgan fingerprint density at radius 2 is 2.29 bits per heavy atom. The van der Waals surface area contributed by atoms with E-state index in [2.05, 4.69) is 10.3 Å². The van der Waals surface area contributed by atoms with Crippen LogP contribution in [0.1, 0.15) is 24.2 Å². The molecule has 1 saturated carbocycles. The number of hydrogen-bond acceptors (Lipinski definition) is 3. The Morgan fingerprint density at radius 3 is 3.00 bits per heavy atom. The molecule has 0 spiro atoms. The highest BCUT2D eigenvalue weighted by Gasteiger charge is 2.21. The summed E-state index contributed by atoms with van der Waals surface area (Å²) in [5.41, 5.74) is 0.879. The fraction of sp³-hybridized carbons (Fsp3) is 0.438. The number of nitrogens with one attached hydrogen (secondary N) is 1. The maximum atomic E-state index is 14.0. The number of hydrogen-bond donors (Lipinski definition) is 1. The molecule has 112 valence electrons. The Bertz CT molecular complexity index is 607. The number of halogens is 1. The molecule has 0 radical (unpaired) electrons. The normalized spacial score (nSPS) is 14.4. The molecule has 0 amide bonds. The number of nitrogens with zero attached hydrogens (tertiary/aromatic N) is 2. The van der Waals surface area contributed by atoms with Crippen LogP contribution in [0.4, 0.5) is 4.39 Å². The predicted octanol–water partition coefficient (Wildman–Crippen LogP) is 2.66. The maximum absolute atomic E-state index is 14.0. The van der Waals surface area contributed by atoms with E-state index in [-0.39, 0.29) is 5.82 Å². The third-order valence-electron chi connectivity index (χ3n) is 3.71. The first-order chi connectivity index (χ1) is 10.2. The SMILES string of the molecule is Cc1nccn1CCOc1c(F)cccc1CNC1CC1. The van der Waals surface area contributed by atoms with Gasteiger partial charge in [0.15, 0.2) is 11.6 Å². The van der Waals surface area contributed by atoms with Gasteiger partial charge in [-0.1, -0.05) is 12.1 Å². The summed E-state index contributed by atoms with van der Waals surface area (Å²) in [6.07, 6.45) is 6.08. The minimum Gasteiger partial charge on any atom is -0.488 e. The smallest absolute Gasteiger partial charge is 0.165 e. The topological polar surface area (TPSA) is 39.1 Å². The predicted molar refractivity (Wildman–Crippen MR) is 78.7 cm³/mol. The Balaban J connectivity index is 1.61. The van der Waals surface area contributed by atoms with Gasteiger partial charge in [0.25, 0.3) is 0 Å². The van der Waals surface area contributed by atoms with Crippen LogP contribution in [0.2, 0.25) is 0 Å². The second-order valence-electron chi connectivity index (χ2n) is 5.40. The fourth-order valence-corrected chi connectivity index (χ4v) is 2.28. The summed E-state index contributed by atoms with van der Waals surface area (Å²) in [5.74, 6) is 0.999. The molecule has 1 fully saturated rings. The first-order valence-electron chi connectivity index (χ1n) is 7.35. The van der Waals surface area contributed by atoms with Crippen LogP contribution in [0, 0.1) is 12.7 Å². The van der Waals surface area contributed by atoms with E-state index in [4.69, 9.17) is 4.74 Å². The second-order valence-corrected chi connectivity index (χ2v) is 5.40. The Labute approximate surface area is 124 Å². The van der Waals surface area contributed by atoms with Crippen molar-refractivity contribution in [3.05, 3.63) is 47.8 Å². The highest BCUT2D eigenvalue weighted by atomic mass is 19.1. The van der Waals surface area contributed by atoms with Crippen LogP contribution in [-0.4, -0.2) is 22.2 Å². The molecule has 0 saturated heterocycles. The van der Waals surface area contributed by atoms with Crippen LogP contribution in [0.5, 0.6) is 5.75 Å². The molecule has 1 aliphatic rings. The average molecular weight is 289 g/mol. The summed E-state index contributed by atoms with van der Waals surface area (Å²) in [6, 6.07) is 5.68. The van der Waals surface area contributed by atoms with E-state index < -0.39 is 0 Å². The van der Waals surface area contributed by atoms with Crippen LogP contribution < -0.4 is 10.1 Å². The summed E-state index contributed by atoms with van der Waals surface area (Å²) in [7, 11) is 0. The molecule has 0 unspecified atom stereocenters. The Kier molecular flexibility index (Phi) is 4.20. The van der Waals surface area contributed by atoms with Crippen molar-refractivity contribution in [3.8, 4) is 5.75 Å². The summed E-state index contributed by atoms with van der Waals surface area (Å²) >= 11 is 0. The molecule has 2 aromatic rings. The number of para-hydroxylation sites is 1. The quantitative estimate of drug-likeness (QED) is 0.851. The van der Waals surface area contributed by atoms with Gasteiger partial charge in [-0.15, -0.1) is 0 Å². The second kappa shape index (κ2) is 6.26. The van der Waals surface area contributed by atoms with Crippen LogP contribution >= 0.6 is 0 Å². The molecular weight excluding hydrogens is 269 g/mol. The maximum Gasteiger partial charge on any atom is 0.165 e. The number of ether oxygens (including phenoxy) is 1. The van der Waals surface area contributed by atoms with Gasteiger partial charge in [-0.05, 0) is 25.8 Å². The van der Waals surface area contributed by atoms with Gasteiger partial charge in [0.2, 0.25) is 0 Å². The zero-order valence-electron chi connectivity index (χ0n) is 12.2. The summed E-state index contributed by atoms with van der Waals surface area (Å²) in [6.45, 7) is 3.68. The van der Waals surface area contributed by atoms with Crippen LogP contribution in [0.25, 0.3) is 0 Å². The Morgan fingerprint density at radius 1 is 1.43 bits per heavy atom. The van der Waals surface area contributed by atoms with E-state index in [9.17, 15) is 4.39 Å². The van der Waals surface area contributed by atoms with Gasteiger partial charge in [0, 0.05) is 30.5 Å². The molecule has 3 rings (SSSR count). The zero-order valence-corrected chi connectivity index (χ0v) is 12.2. The van der Waals surface area contributed by atoms with Gasteiger partial charge in [0.05, 0.1) is 6.54 Å². The molecule has 1 aromatic carbocycles. The zero-order chi connectivity index (χ0) is 14.7. The van der Waals surface area contributed by atoms with E-state index in [1.54, 1.807) is 12.3 Å². The molecule has 21 heavy (non-hydrogen) atoms. The van der Waals surface area contributed by atoms with E-state index >= 15 is 0 Å². The lowest BCUT2D eigenvalue weighted by atomic mass is 10.2. The third-order valence-corrected chi connectivity index (χ3v) is 3.71. The molecule has 1 N–H and O–H groups in total. The van der Waals surface area contributed by atoms with Gasteiger partial charge in [-0.3, -0.25) is 0 Å². The first-order valence-corrected chi connectivity index (χ1v) is 7.35. The van der Waals surface area contributed by atoms with Crippen molar-refractivity contribution in [1.82, 2.24) is 14.9 Å². The van der Waals surface area contributed by atoms with Gasteiger partial charge >= 0.3 is 0 Å². The number of imidazole rings is 1. The van der Waals surface area contributed by atoms with Crippen molar-refractivity contribution in [3.63, 3.8) is 0 Å². The highest BCUT2D eigenvalue weighted by molar-refractivity contribution is 5.35. The van der Waals surface area contributed by atoms with E-state index in [0.29, 0.717) is 31.5 Å². The number of aromatic nitrogens is 2. The Hall–Kier alpha value is -1.88. The monoisotopic (exact) mass is 289 g/mol. The van der Waals surface area contributed by atoms with Crippen molar-refractivity contribution in [2.45, 2.75) is 38.9 Å². The first kappa shape index (κ1) is 14.1. The van der Waals surface area contributed by atoms with Crippen LogP contribution in [0.3, 0.4) is 0 Å². The standard InChI is InChI=1S/C16H20FN3O/c1-12-18-7-8-20(12)9-10-21-16-13(3-2-4-15(16)17)11-19-14-5-6-14/h2-4,7-8,14,19H,5-6,9-11H2,1H3. The molecule has 0 bridgehead atoms. The van der Waals surface area contributed by atoms with Crippen molar-refractivity contribution < 1.29 is 9.13 Å². The number of aryl methyl sites for hydroxylation is 1. The summed E-state index contributed by atoms with van der Waals surface area (Å²) < 4.78 is 21.6. The van der Waals surface area contributed by atoms with E-state index in [0.717, 1.165) is 11.4 Å². The molecule has 0 atom stereocenters.